The van der Waals surface area contributed by atoms with Gasteiger partial charge in [0.25, 0.3) is 12.9 Å². The predicted molar refractivity (Wildman–Crippen MR) is 134 cm³/mol. The second-order valence-electron chi connectivity index (χ2n) is 6.04. The van der Waals surface area contributed by atoms with Crippen LogP contribution in [0.25, 0.3) is 39.6 Å². The van der Waals surface area contributed by atoms with Crippen molar-refractivity contribution < 1.29 is 137 Å². The number of thiocyanates is 1. The van der Waals surface area contributed by atoms with E-state index in [1.165, 1.54) is 22.8 Å². The summed E-state index contributed by atoms with van der Waals surface area (Å²) in [5.41, 5.74) is 2.98. The molecule has 0 saturated heterocycles. The molecule has 16 heteroatoms. The Kier molecular flexibility index (Phi) is 27.9. The molecule has 0 amide bonds. The first-order valence-electron chi connectivity index (χ1n) is 9.52. The third kappa shape index (κ3) is 14.7. The molecular formula is C24H12N6O4RuS2Y3-2. The summed E-state index contributed by atoms with van der Waals surface area (Å²) in [6, 6.07) is 19.0. The molecule has 0 bridgehead atoms. The molecule has 0 fully saturated rings. The zero-order chi connectivity index (χ0) is 26.2. The Bertz CT molecular complexity index is 1410. The van der Waals surface area contributed by atoms with E-state index in [1.807, 2.05) is 0 Å². The quantitative estimate of drug-likeness (QED) is 0.0510. The van der Waals surface area contributed by atoms with Crippen LogP contribution in [-0.2, 0) is 140 Å². The first-order valence-corrected chi connectivity index (χ1v) is 10.3. The van der Waals surface area contributed by atoms with Gasteiger partial charge in [-0.25, -0.2) is 5.26 Å². The van der Waals surface area contributed by atoms with Crippen LogP contribution < -0.4 is 9.47 Å². The van der Waals surface area contributed by atoms with Gasteiger partial charge in [0.05, 0.1) is 11.4 Å². The van der Waals surface area contributed by atoms with Crippen LogP contribution in [0, 0.1) is 22.8 Å². The molecule has 0 aliphatic rings. The van der Waals surface area contributed by atoms with E-state index in [1.54, 1.807) is 48.7 Å². The Morgan fingerprint density at radius 3 is 1.82 bits per heavy atom. The summed E-state index contributed by atoms with van der Waals surface area (Å²) in [7, 11) is 0. The fourth-order valence-corrected chi connectivity index (χ4v) is 2.69. The zero-order valence-electron chi connectivity index (χ0n) is 20.1. The number of carbonyl (C=O) groups is 2. The SMILES string of the molecule is N#C[S-].O=COc1ccnc(-c2cc(OC=O)cc(-c3c[c-]cc(-c4c[c-]ccn4)n3)n2)c1.[N-]=C=S.[Ru+2].[Y].[Y].[Y]. The molecule has 4 rings (SSSR count). The first-order chi connectivity index (χ1) is 17.6. The van der Waals surface area contributed by atoms with Crippen molar-refractivity contribution in [3.05, 3.63) is 78.5 Å². The standard InChI is InChI=1S/C22H12N4O4.CHNS.CNS.Ru.3Y/c27-13-29-15-7-9-24-20(10-15)22-12-16(30-14-28)11-21(26-22)19-6-3-5-18(25-19)17-4-1-2-8-23-17;2*2-1-3;;;;/h2,4-14H;3H;;;;;/q-2;;-1;+2;;;/p-1. The fourth-order valence-electron chi connectivity index (χ4n) is 2.69. The summed E-state index contributed by atoms with van der Waals surface area (Å²) in [6.07, 6.45) is 3.10. The average Bonchev–Trinajstić information content (AvgIpc) is 2.91. The van der Waals surface area contributed by atoms with Crippen LogP contribution in [0.3, 0.4) is 0 Å². The van der Waals surface area contributed by atoms with Crippen molar-refractivity contribution >= 4 is 43.0 Å². The van der Waals surface area contributed by atoms with E-state index in [0.29, 0.717) is 52.9 Å². The first kappa shape index (κ1) is 43.4. The van der Waals surface area contributed by atoms with E-state index in [0.717, 1.165) is 0 Å². The van der Waals surface area contributed by atoms with Crippen LogP contribution in [0.4, 0.5) is 0 Å². The molecule has 0 spiro atoms. The van der Waals surface area contributed by atoms with Gasteiger partial charge < -0.3 is 37.5 Å². The minimum Gasteiger partial charge on any atom is -0.753 e. The number of isothiocyanates is 1. The van der Waals surface area contributed by atoms with Gasteiger partial charge in [0.2, 0.25) is 0 Å². The van der Waals surface area contributed by atoms with Gasteiger partial charge in [0, 0.05) is 122 Å². The maximum Gasteiger partial charge on any atom is 2.00 e. The molecule has 193 valence electrons. The van der Waals surface area contributed by atoms with Crippen molar-refractivity contribution in [2.75, 3.05) is 0 Å². The summed E-state index contributed by atoms with van der Waals surface area (Å²) >= 11 is 7.40. The molecule has 4 aromatic heterocycles. The monoisotopic (exact) mass is 881 g/mol. The Morgan fingerprint density at radius 2 is 1.27 bits per heavy atom. The molecule has 0 aromatic carbocycles. The number of ether oxygens (including phenoxy) is 2. The number of hydrogen-bond donors (Lipinski definition) is 0. The Labute approximate surface area is 329 Å². The smallest absolute Gasteiger partial charge is 0.753 e. The van der Waals surface area contributed by atoms with Gasteiger partial charge in [-0.05, 0) is 17.8 Å². The van der Waals surface area contributed by atoms with Gasteiger partial charge in [-0.3, -0.25) is 19.6 Å². The number of rotatable bonds is 7. The van der Waals surface area contributed by atoms with Crippen molar-refractivity contribution in [2.45, 2.75) is 0 Å². The summed E-state index contributed by atoms with van der Waals surface area (Å²) in [5.74, 6) is 0.562. The summed E-state index contributed by atoms with van der Waals surface area (Å²) in [5, 5.41) is 16.9. The molecule has 0 aliphatic heterocycles. The third-order valence-electron chi connectivity index (χ3n) is 3.97. The number of hydrogen-bond acceptors (Lipinski definition) is 11. The maximum atomic E-state index is 10.9. The molecule has 3 radical (unpaired) electrons. The Morgan fingerprint density at radius 1 is 0.825 bits per heavy atom. The largest absolute Gasteiger partial charge is 2.00 e. The van der Waals surface area contributed by atoms with Gasteiger partial charge in [0.1, 0.15) is 11.5 Å². The van der Waals surface area contributed by atoms with Crippen LogP contribution in [0.15, 0.2) is 60.9 Å². The minimum absolute atomic E-state index is 0. The van der Waals surface area contributed by atoms with E-state index >= 15 is 0 Å². The van der Waals surface area contributed by atoms with Crippen LogP contribution in [0.5, 0.6) is 11.5 Å². The molecule has 10 nitrogen and oxygen atoms in total. The third-order valence-corrected chi connectivity index (χ3v) is 3.97. The van der Waals surface area contributed by atoms with Gasteiger partial charge in [-0.2, -0.15) is 41.6 Å². The van der Waals surface area contributed by atoms with Gasteiger partial charge >= 0.3 is 19.5 Å². The van der Waals surface area contributed by atoms with Crippen molar-refractivity contribution in [1.29, 1.82) is 5.26 Å². The molecule has 0 N–H and O–H groups in total. The Balaban J connectivity index is -0.00000126. The van der Waals surface area contributed by atoms with Crippen LogP contribution in [-0.4, -0.2) is 38.0 Å². The van der Waals surface area contributed by atoms with Crippen molar-refractivity contribution in [3.63, 3.8) is 0 Å². The van der Waals surface area contributed by atoms with Crippen molar-refractivity contribution in [3.8, 4) is 51.1 Å². The molecule has 40 heavy (non-hydrogen) atoms. The number of aromatic nitrogens is 4. The molecule has 0 atom stereocenters. The van der Waals surface area contributed by atoms with E-state index < -0.39 is 0 Å². The predicted octanol–water partition coefficient (Wildman–Crippen LogP) is 3.60. The van der Waals surface area contributed by atoms with Gasteiger partial charge in [0.15, 0.2) is 0 Å². The topological polar surface area (TPSA) is 150 Å². The number of pyridine rings is 4. The van der Waals surface area contributed by atoms with E-state index in [9.17, 15) is 9.59 Å². The van der Waals surface area contributed by atoms with Crippen LogP contribution in [0.2, 0.25) is 0 Å². The number of nitrogens with zero attached hydrogens (tertiary/aromatic N) is 6. The summed E-state index contributed by atoms with van der Waals surface area (Å²) in [6.45, 7) is 0.645. The minimum atomic E-state index is 0. The fraction of sp³-hybridized carbons (Fsp3) is 0. The number of carbonyl (C=O) groups excluding carboxylic acids is 2. The molecule has 4 heterocycles. The second-order valence-corrected chi connectivity index (χ2v) is 6.40. The zero-order valence-corrected chi connectivity index (χ0v) is 32.0. The van der Waals surface area contributed by atoms with Gasteiger partial charge in [-0.15, -0.1) is 0 Å². The molecule has 0 unspecified atom stereocenters. The average molecular weight is 880 g/mol. The molecular weight excluding hydrogens is 868 g/mol. The van der Waals surface area contributed by atoms with E-state index in [2.05, 4.69) is 56.9 Å². The molecule has 0 aliphatic carbocycles. The Hall–Kier alpha value is -1.01. The normalized spacial score (nSPS) is 8.07. The van der Waals surface area contributed by atoms with Crippen molar-refractivity contribution in [2.24, 2.45) is 0 Å². The van der Waals surface area contributed by atoms with Gasteiger partial charge in [-0.1, -0.05) is 35.2 Å². The van der Waals surface area contributed by atoms with E-state index in [-0.39, 0.29) is 123 Å². The van der Waals surface area contributed by atoms with E-state index in [4.69, 9.17) is 20.1 Å². The maximum absolute atomic E-state index is 10.9. The summed E-state index contributed by atoms with van der Waals surface area (Å²) in [4.78, 5) is 39.2. The number of nitriles is 1. The second kappa shape index (κ2) is 25.7. The molecule has 4 aromatic rings. The van der Waals surface area contributed by atoms with Crippen LogP contribution in [0.1, 0.15) is 0 Å². The van der Waals surface area contributed by atoms with Crippen LogP contribution >= 0.6 is 12.2 Å². The summed E-state index contributed by atoms with van der Waals surface area (Å²) < 4.78 is 9.89. The number of thiocarbonyl (C=S) groups is 1. The van der Waals surface area contributed by atoms with Crippen molar-refractivity contribution in [1.82, 2.24) is 19.9 Å². The molecule has 0 saturated carbocycles.